The molecule has 0 saturated carbocycles. The molecule has 2 nitrogen and oxygen atoms in total. The number of hydrogen-bond acceptors (Lipinski definition) is 2. The lowest BCUT2D eigenvalue weighted by atomic mass is 9.66. The first-order chi connectivity index (χ1) is 27.8. The molecule has 0 fully saturated rings. The molecule has 4 aliphatic carbocycles. The molecule has 0 saturated heterocycles. The van der Waals surface area contributed by atoms with E-state index >= 15 is 0 Å². The molecule has 6 aromatic rings. The van der Waals surface area contributed by atoms with Crippen LogP contribution in [-0.4, -0.2) is 11.4 Å². The second-order valence-electron chi connectivity index (χ2n) is 15.0. The maximum Gasteiger partial charge on any atom is 0.0781 e. The van der Waals surface area contributed by atoms with Gasteiger partial charge < -0.3 is 0 Å². The highest BCUT2D eigenvalue weighted by Gasteiger charge is 2.53. The number of nitrogens with zero attached hydrogens (tertiary/aromatic N) is 2. The lowest BCUT2D eigenvalue weighted by molar-refractivity contribution is 0.649. The fourth-order valence-corrected chi connectivity index (χ4v) is 9.58. The SMILES string of the molecule is C1=CC(C(=Nc2ccccc2)c2ccccc2)=CC2=C(C1)c1ccccc1C21C2=C(C/C=C\C(C(=Nc3ccccc3)c3ccccc3)CC2)c2ccccc21. The first-order valence-corrected chi connectivity index (χ1v) is 19.9. The van der Waals surface area contributed by atoms with Gasteiger partial charge in [-0.05, 0) is 106 Å². The van der Waals surface area contributed by atoms with Crippen LogP contribution in [0.5, 0.6) is 0 Å². The van der Waals surface area contributed by atoms with Crippen molar-refractivity contribution in [1.82, 2.24) is 0 Å². The van der Waals surface area contributed by atoms with E-state index in [-0.39, 0.29) is 5.92 Å². The molecule has 0 aromatic heterocycles. The number of allylic oxidation sites excluding steroid dienone is 10. The molecule has 268 valence electrons. The van der Waals surface area contributed by atoms with Gasteiger partial charge in [0.05, 0.1) is 28.2 Å². The Bertz CT molecular complexity index is 2660. The van der Waals surface area contributed by atoms with Crippen LogP contribution in [0.1, 0.15) is 59.1 Å². The Morgan fingerprint density at radius 3 is 1.71 bits per heavy atom. The number of para-hydroxylation sites is 2. The van der Waals surface area contributed by atoms with Crippen LogP contribution < -0.4 is 0 Å². The fraction of sp³-hybridized carbons (Fsp3) is 0.111. The molecular formula is C54H42N2. The summed E-state index contributed by atoms with van der Waals surface area (Å²) in [6.07, 6.45) is 15.7. The van der Waals surface area contributed by atoms with E-state index in [9.17, 15) is 0 Å². The molecule has 0 radical (unpaired) electrons. The predicted octanol–water partition coefficient (Wildman–Crippen LogP) is 13.4. The van der Waals surface area contributed by atoms with E-state index in [1.807, 2.05) is 0 Å². The zero-order valence-corrected chi connectivity index (χ0v) is 31.4. The summed E-state index contributed by atoms with van der Waals surface area (Å²) in [5.41, 5.74) is 18.4. The van der Waals surface area contributed by atoms with Gasteiger partial charge in [0.25, 0.3) is 0 Å². The van der Waals surface area contributed by atoms with Crippen molar-refractivity contribution in [3.8, 4) is 0 Å². The van der Waals surface area contributed by atoms with Gasteiger partial charge >= 0.3 is 0 Å². The van der Waals surface area contributed by atoms with Crippen molar-refractivity contribution < 1.29 is 0 Å². The van der Waals surface area contributed by atoms with Crippen LogP contribution in [0.2, 0.25) is 0 Å². The third kappa shape index (κ3) is 5.81. The van der Waals surface area contributed by atoms with Gasteiger partial charge in [-0.1, -0.05) is 170 Å². The number of fused-ring (bicyclic) bond motifs is 8. The Hall–Kier alpha value is -6.64. The average Bonchev–Trinajstić information content (AvgIpc) is 3.54. The largest absolute Gasteiger partial charge is 0.252 e. The molecule has 0 heterocycles. The Morgan fingerprint density at radius 2 is 1.05 bits per heavy atom. The number of benzene rings is 6. The second kappa shape index (κ2) is 14.5. The van der Waals surface area contributed by atoms with Crippen LogP contribution in [0.4, 0.5) is 11.4 Å². The van der Waals surface area contributed by atoms with Crippen LogP contribution in [0.25, 0.3) is 11.1 Å². The summed E-state index contributed by atoms with van der Waals surface area (Å²) in [6.45, 7) is 0. The fourth-order valence-electron chi connectivity index (χ4n) is 9.58. The van der Waals surface area contributed by atoms with Gasteiger partial charge in [-0.15, -0.1) is 0 Å². The van der Waals surface area contributed by atoms with E-state index in [0.29, 0.717) is 0 Å². The number of aliphatic imine (C=N–C) groups is 2. The van der Waals surface area contributed by atoms with E-state index in [2.05, 4.69) is 200 Å². The van der Waals surface area contributed by atoms with Gasteiger partial charge in [0.1, 0.15) is 0 Å². The summed E-state index contributed by atoms with van der Waals surface area (Å²) in [5.74, 6) is 0.155. The summed E-state index contributed by atoms with van der Waals surface area (Å²) < 4.78 is 0. The van der Waals surface area contributed by atoms with Crippen LogP contribution in [-0.2, 0) is 5.41 Å². The Kier molecular flexibility index (Phi) is 8.80. The van der Waals surface area contributed by atoms with Crippen molar-refractivity contribution in [2.24, 2.45) is 15.9 Å². The molecule has 0 N–H and O–H groups in total. The van der Waals surface area contributed by atoms with Gasteiger partial charge in [0.2, 0.25) is 0 Å². The van der Waals surface area contributed by atoms with Gasteiger partial charge in [-0.2, -0.15) is 0 Å². The standard InChI is InChI=1S/C54H42N2/c1-5-19-38(20-6-1)52(55-42-25-9-3-10-26-42)40-23-17-31-46-44-29-13-15-33-48(44)54(50(46)36-35-40)49-34-16-14-30-45(49)47-32-18-24-41(37-51(47)54)53(39-21-7-2-8-22-39)56-43-27-11-4-12-28-43/h1-30,33-34,37,40H,31-32,35-36H2/b23-17-,55-52?,56-53?. The normalized spacial score (nSPS) is 20.7. The van der Waals surface area contributed by atoms with E-state index in [1.165, 1.54) is 50.1 Å². The molecule has 2 heteroatoms. The average molecular weight is 719 g/mol. The second-order valence-corrected chi connectivity index (χ2v) is 15.0. The third-order valence-corrected chi connectivity index (χ3v) is 11.9. The minimum atomic E-state index is -0.414. The molecule has 2 atom stereocenters. The molecule has 0 amide bonds. The van der Waals surface area contributed by atoms with Crippen molar-refractivity contribution >= 4 is 33.9 Å². The summed E-state index contributed by atoms with van der Waals surface area (Å²) in [6, 6.07) is 60.7. The summed E-state index contributed by atoms with van der Waals surface area (Å²) >= 11 is 0. The van der Waals surface area contributed by atoms with Crippen molar-refractivity contribution in [2.75, 3.05) is 0 Å². The van der Waals surface area contributed by atoms with Gasteiger partial charge in [-0.25, -0.2) is 4.99 Å². The molecule has 1 spiro atoms. The van der Waals surface area contributed by atoms with Crippen molar-refractivity contribution in [3.05, 3.63) is 250 Å². The lowest BCUT2D eigenvalue weighted by Gasteiger charge is -2.35. The summed E-state index contributed by atoms with van der Waals surface area (Å²) in [5, 5.41) is 0. The minimum absolute atomic E-state index is 0.155. The van der Waals surface area contributed by atoms with Crippen LogP contribution in [0, 0.1) is 5.92 Å². The first-order valence-electron chi connectivity index (χ1n) is 19.9. The predicted molar refractivity (Wildman–Crippen MR) is 234 cm³/mol. The lowest BCUT2D eigenvalue weighted by Crippen LogP contribution is -2.29. The maximum absolute atomic E-state index is 5.36. The molecule has 0 aliphatic heterocycles. The monoisotopic (exact) mass is 718 g/mol. The Balaban J connectivity index is 1.16. The summed E-state index contributed by atoms with van der Waals surface area (Å²) in [4.78, 5) is 10.7. The maximum atomic E-state index is 5.36. The van der Waals surface area contributed by atoms with Crippen molar-refractivity contribution in [3.63, 3.8) is 0 Å². The quantitative estimate of drug-likeness (QED) is 0.121. The van der Waals surface area contributed by atoms with E-state index in [1.54, 1.807) is 0 Å². The van der Waals surface area contributed by atoms with Crippen LogP contribution in [0.3, 0.4) is 0 Å². The number of hydrogen-bond donors (Lipinski definition) is 0. The third-order valence-electron chi connectivity index (χ3n) is 11.9. The Morgan fingerprint density at radius 1 is 0.518 bits per heavy atom. The smallest absolute Gasteiger partial charge is 0.0781 e. The topological polar surface area (TPSA) is 24.7 Å². The van der Waals surface area contributed by atoms with E-state index < -0.39 is 5.41 Å². The molecule has 4 aliphatic rings. The minimum Gasteiger partial charge on any atom is -0.252 e. The van der Waals surface area contributed by atoms with E-state index in [0.717, 1.165) is 59.6 Å². The first kappa shape index (κ1) is 33.9. The van der Waals surface area contributed by atoms with Crippen molar-refractivity contribution in [1.29, 1.82) is 0 Å². The van der Waals surface area contributed by atoms with Gasteiger partial charge in [-0.3, -0.25) is 4.99 Å². The molecule has 0 bridgehead atoms. The highest BCUT2D eigenvalue weighted by molar-refractivity contribution is 6.16. The molecule has 56 heavy (non-hydrogen) atoms. The zero-order chi connectivity index (χ0) is 37.3. The Labute approximate surface area is 330 Å². The van der Waals surface area contributed by atoms with Gasteiger partial charge in [0, 0.05) is 17.1 Å². The van der Waals surface area contributed by atoms with Gasteiger partial charge in [0.15, 0.2) is 0 Å². The summed E-state index contributed by atoms with van der Waals surface area (Å²) in [7, 11) is 0. The van der Waals surface area contributed by atoms with Crippen molar-refractivity contribution in [2.45, 2.75) is 31.1 Å². The molecule has 10 rings (SSSR count). The molecular weight excluding hydrogens is 677 g/mol. The van der Waals surface area contributed by atoms with E-state index in [4.69, 9.17) is 9.98 Å². The highest BCUT2D eigenvalue weighted by Crippen LogP contribution is 2.64. The van der Waals surface area contributed by atoms with Crippen LogP contribution in [0.15, 0.2) is 227 Å². The molecule has 6 aromatic carbocycles. The van der Waals surface area contributed by atoms with Crippen LogP contribution >= 0.6 is 0 Å². The number of rotatable bonds is 6. The highest BCUT2D eigenvalue weighted by atomic mass is 14.8. The molecule has 2 unspecified atom stereocenters. The zero-order valence-electron chi connectivity index (χ0n) is 31.4.